The van der Waals surface area contributed by atoms with Crippen molar-refractivity contribution in [3.05, 3.63) is 36.1 Å². The maximum absolute atomic E-state index is 12.1. The topological polar surface area (TPSA) is 9.23 Å². The summed E-state index contributed by atoms with van der Waals surface area (Å²) in [7, 11) is 0. The fourth-order valence-electron chi connectivity index (χ4n) is 2.72. The molecular weight excluding hydrogens is 253 g/mol. The highest BCUT2D eigenvalue weighted by Crippen LogP contribution is 2.43. The third-order valence-electron chi connectivity index (χ3n) is 4.06. The van der Waals surface area contributed by atoms with Gasteiger partial charge in [-0.15, -0.1) is 13.2 Å². The van der Waals surface area contributed by atoms with E-state index in [9.17, 15) is 13.2 Å². The summed E-state index contributed by atoms with van der Waals surface area (Å²) < 4.78 is 40.3. The van der Waals surface area contributed by atoms with E-state index in [1.54, 1.807) is 6.08 Å². The largest absolute Gasteiger partial charge is 0.573 e. The lowest BCUT2D eigenvalue weighted by Gasteiger charge is -2.37. The van der Waals surface area contributed by atoms with E-state index in [4.69, 9.17) is 0 Å². The third kappa shape index (κ3) is 3.64. The van der Waals surface area contributed by atoms with Crippen LogP contribution < -0.4 is 0 Å². The Kier molecular flexibility index (Phi) is 3.79. The standard InChI is InChI=1S/C15H19F3O/c1-11-3-5-12(6-4-11)14(2)9-7-13(8-10-14)19-15(16,17)18/h3,5,7-9,11-12H,4,6,10H2,1-2H3/t11-,12+,14?/m0/s1. The maximum Gasteiger partial charge on any atom is 0.573 e. The van der Waals surface area contributed by atoms with E-state index in [0.717, 1.165) is 12.8 Å². The molecule has 0 heterocycles. The van der Waals surface area contributed by atoms with Crippen LogP contribution in [-0.4, -0.2) is 6.36 Å². The van der Waals surface area contributed by atoms with Gasteiger partial charge in [-0.3, -0.25) is 0 Å². The van der Waals surface area contributed by atoms with Gasteiger partial charge in [0.1, 0.15) is 5.76 Å². The summed E-state index contributed by atoms with van der Waals surface area (Å²) in [6.45, 7) is 4.27. The van der Waals surface area contributed by atoms with Crippen molar-refractivity contribution in [3.63, 3.8) is 0 Å². The Morgan fingerprint density at radius 1 is 1.26 bits per heavy atom. The molecular formula is C15H19F3O. The van der Waals surface area contributed by atoms with Crippen molar-refractivity contribution >= 4 is 0 Å². The highest BCUT2D eigenvalue weighted by atomic mass is 19.4. The van der Waals surface area contributed by atoms with E-state index in [0.29, 0.717) is 18.3 Å². The fraction of sp³-hybridized carbons (Fsp3) is 0.600. The molecule has 0 saturated heterocycles. The van der Waals surface area contributed by atoms with Crippen LogP contribution in [0.5, 0.6) is 0 Å². The molecule has 0 radical (unpaired) electrons. The van der Waals surface area contributed by atoms with Gasteiger partial charge in [-0.1, -0.05) is 32.1 Å². The van der Waals surface area contributed by atoms with Crippen molar-refractivity contribution in [2.45, 2.75) is 39.5 Å². The Bertz CT molecular complexity index is 420. The molecule has 0 aromatic carbocycles. The van der Waals surface area contributed by atoms with Crippen LogP contribution in [0.25, 0.3) is 0 Å². The van der Waals surface area contributed by atoms with Crippen molar-refractivity contribution in [1.29, 1.82) is 0 Å². The molecule has 0 aromatic heterocycles. The van der Waals surface area contributed by atoms with Crippen LogP contribution in [0.1, 0.15) is 33.1 Å². The highest BCUT2D eigenvalue weighted by Gasteiger charge is 2.36. The molecule has 0 saturated carbocycles. The molecule has 0 N–H and O–H groups in total. The highest BCUT2D eigenvalue weighted by molar-refractivity contribution is 5.24. The zero-order valence-corrected chi connectivity index (χ0v) is 11.2. The Labute approximate surface area is 111 Å². The van der Waals surface area contributed by atoms with Crippen LogP contribution in [0.4, 0.5) is 13.2 Å². The minimum atomic E-state index is -4.61. The van der Waals surface area contributed by atoms with Crippen LogP contribution in [-0.2, 0) is 4.74 Å². The molecule has 19 heavy (non-hydrogen) atoms. The summed E-state index contributed by atoms with van der Waals surface area (Å²) in [5.74, 6) is 0.897. The van der Waals surface area contributed by atoms with Gasteiger partial charge in [-0.25, -0.2) is 0 Å². The second kappa shape index (κ2) is 5.06. The lowest BCUT2D eigenvalue weighted by molar-refractivity contribution is -0.303. The van der Waals surface area contributed by atoms with Crippen LogP contribution in [0, 0.1) is 17.3 Å². The summed E-state index contributed by atoms with van der Waals surface area (Å²) in [5, 5.41) is 0. The number of rotatable bonds is 2. The van der Waals surface area contributed by atoms with E-state index in [1.807, 2.05) is 6.08 Å². The predicted molar refractivity (Wildman–Crippen MR) is 68.1 cm³/mol. The SMILES string of the molecule is C[C@H]1C=C[C@@H](C2(C)C=CC(OC(F)(F)F)=CC2)CC1. The first-order valence-electron chi connectivity index (χ1n) is 6.62. The molecule has 0 aliphatic heterocycles. The summed E-state index contributed by atoms with van der Waals surface area (Å²) in [4.78, 5) is 0. The van der Waals surface area contributed by atoms with Crippen molar-refractivity contribution < 1.29 is 17.9 Å². The van der Waals surface area contributed by atoms with Gasteiger partial charge < -0.3 is 4.74 Å². The van der Waals surface area contributed by atoms with Crippen LogP contribution in [0.3, 0.4) is 0 Å². The fourth-order valence-corrected chi connectivity index (χ4v) is 2.72. The molecule has 0 bridgehead atoms. The predicted octanol–water partition coefficient (Wildman–Crippen LogP) is 4.98. The molecule has 3 atom stereocenters. The molecule has 0 spiro atoms. The zero-order valence-electron chi connectivity index (χ0n) is 11.2. The third-order valence-corrected chi connectivity index (χ3v) is 4.06. The van der Waals surface area contributed by atoms with Crippen LogP contribution >= 0.6 is 0 Å². The molecule has 1 unspecified atom stereocenters. The first kappa shape index (κ1) is 14.2. The van der Waals surface area contributed by atoms with E-state index >= 15 is 0 Å². The van der Waals surface area contributed by atoms with Crippen molar-refractivity contribution in [1.82, 2.24) is 0 Å². The van der Waals surface area contributed by atoms with Crippen LogP contribution in [0.2, 0.25) is 0 Å². The average Bonchev–Trinajstić information content (AvgIpc) is 2.31. The second-order valence-electron chi connectivity index (χ2n) is 5.74. The van der Waals surface area contributed by atoms with E-state index in [-0.39, 0.29) is 11.2 Å². The summed E-state index contributed by atoms with van der Waals surface area (Å²) in [6.07, 6.45) is 7.46. The van der Waals surface area contributed by atoms with E-state index < -0.39 is 6.36 Å². The number of allylic oxidation sites excluding steroid dienone is 5. The molecule has 0 fully saturated rings. The van der Waals surface area contributed by atoms with E-state index in [2.05, 4.69) is 30.7 Å². The van der Waals surface area contributed by atoms with Gasteiger partial charge in [0, 0.05) is 0 Å². The number of hydrogen-bond acceptors (Lipinski definition) is 1. The molecule has 0 aromatic rings. The lowest BCUT2D eigenvalue weighted by Crippen LogP contribution is -2.27. The van der Waals surface area contributed by atoms with Gasteiger partial charge >= 0.3 is 6.36 Å². The summed E-state index contributed by atoms with van der Waals surface area (Å²) in [5.41, 5.74) is -0.102. The minimum Gasteiger partial charge on any atom is -0.406 e. The zero-order chi connectivity index (χ0) is 14.1. The summed E-state index contributed by atoms with van der Waals surface area (Å²) in [6, 6.07) is 0. The lowest BCUT2D eigenvalue weighted by atomic mass is 9.68. The number of hydrogen-bond donors (Lipinski definition) is 0. The Hall–Kier alpha value is -1.19. The number of halogens is 3. The summed E-state index contributed by atoms with van der Waals surface area (Å²) >= 11 is 0. The second-order valence-corrected chi connectivity index (χ2v) is 5.74. The van der Waals surface area contributed by atoms with Gasteiger partial charge in [0.05, 0.1) is 0 Å². The Morgan fingerprint density at radius 2 is 2.00 bits per heavy atom. The smallest absolute Gasteiger partial charge is 0.406 e. The molecule has 2 aliphatic rings. The molecule has 1 nitrogen and oxygen atoms in total. The van der Waals surface area contributed by atoms with Gasteiger partial charge in [-0.05, 0) is 48.7 Å². The van der Waals surface area contributed by atoms with Crippen molar-refractivity contribution in [2.75, 3.05) is 0 Å². The number of ether oxygens (including phenoxy) is 1. The normalized spacial score (nSPS) is 35.1. The molecule has 106 valence electrons. The van der Waals surface area contributed by atoms with Gasteiger partial charge in [0.25, 0.3) is 0 Å². The van der Waals surface area contributed by atoms with Gasteiger partial charge in [0.15, 0.2) is 0 Å². The Morgan fingerprint density at radius 3 is 2.47 bits per heavy atom. The van der Waals surface area contributed by atoms with Gasteiger partial charge in [0.2, 0.25) is 0 Å². The van der Waals surface area contributed by atoms with E-state index in [1.165, 1.54) is 6.08 Å². The Balaban J connectivity index is 2.02. The first-order chi connectivity index (χ1) is 8.78. The molecule has 2 rings (SSSR count). The average molecular weight is 272 g/mol. The number of alkyl halides is 3. The van der Waals surface area contributed by atoms with Crippen molar-refractivity contribution in [3.8, 4) is 0 Å². The molecule has 4 heteroatoms. The van der Waals surface area contributed by atoms with Crippen molar-refractivity contribution in [2.24, 2.45) is 17.3 Å². The maximum atomic E-state index is 12.1. The van der Waals surface area contributed by atoms with Crippen LogP contribution in [0.15, 0.2) is 36.1 Å². The quantitative estimate of drug-likeness (QED) is 0.644. The monoisotopic (exact) mass is 272 g/mol. The molecule has 0 amide bonds. The first-order valence-corrected chi connectivity index (χ1v) is 6.62. The minimum absolute atomic E-state index is 0.0990. The van der Waals surface area contributed by atoms with Gasteiger partial charge in [-0.2, -0.15) is 0 Å². The molecule has 2 aliphatic carbocycles.